The first-order valence-electron chi connectivity index (χ1n) is 43.9. The standard InChI is InChI=1S/C21H21O2S.C18H20O2.C17H21NO6.C16H26O3.C13H14F6O6S2.C13H24O2.10CH4/c1-16-7-4-10-19(13-16)24(20-11-5-8-17(14-20)22-2)21-12-6-9-18(15-21)23-3;1-4-18(2,3)17(19)20-16-12-10-15(11-13-16)14-8-6-5-7-9-14;1-4-16(2,3)14(20)22-7-11(19)23-12-9-5-10-13(12)24-15(21)17(10,6-9)8-18;1-4-14(2,3)13(17)19-16-8-11-5-12(9-16)7-15(18,6-11)10-16;1-3-8(2)9-4-6-10(7-5-9)25-27(23,24)13(18,19)11(14,15)12(16,17)26(20,21)22;1-5-12(3,4)11(14)15-13(6-2)9-7-8-10-13;;;;;;;;;;/h4-15H,1-3H3;5-13H,4H2,1-3H3;9-10,12-13H,4-7H2,1-3H3;11-12,18H,4-10H2,1-3H3;4-8H,3H2,1-2H3,(H,20,21,22);5-10H2,1-4H3;10*1H4/q+1;;;;;;;;;;;;;;;/p-1. The second kappa shape index (κ2) is 53.8. The highest BCUT2D eigenvalue weighted by molar-refractivity contribution is 7.97. The van der Waals surface area contributed by atoms with Crippen LogP contribution in [0, 0.1) is 69.0 Å². The predicted molar refractivity (Wildman–Crippen MR) is 541 cm³/mol. The van der Waals surface area contributed by atoms with Crippen molar-refractivity contribution in [3.8, 4) is 40.2 Å². The van der Waals surface area contributed by atoms with Gasteiger partial charge in [-0.05, 0) is 272 Å². The van der Waals surface area contributed by atoms with Gasteiger partial charge >= 0.3 is 62.4 Å². The normalized spacial score (nSPS) is 20.9. The molecule has 8 fully saturated rings. The van der Waals surface area contributed by atoms with Crippen LogP contribution in [0.25, 0.3) is 11.1 Å². The maximum Gasteiger partial charge on any atom is 0.450 e. The van der Waals surface area contributed by atoms with E-state index in [2.05, 4.69) is 84.8 Å². The number of rotatable bonds is 29. The molecule has 0 radical (unpaired) electrons. The summed E-state index contributed by atoms with van der Waals surface area (Å²) in [6.45, 7) is 30.4. The van der Waals surface area contributed by atoms with Gasteiger partial charge in [-0.3, -0.25) is 24.0 Å². The minimum absolute atomic E-state index is 0. The fourth-order valence-corrected chi connectivity index (χ4v) is 20.4. The number of hydrogen-bond donors (Lipinski definition) is 1. The smallest absolute Gasteiger partial charge is 0.450 e. The Bertz CT molecular complexity index is 5090. The number of alkyl halides is 6. The van der Waals surface area contributed by atoms with E-state index in [1.54, 1.807) is 35.0 Å². The third-order valence-corrected chi connectivity index (χ3v) is 30.8. The lowest BCUT2D eigenvalue weighted by Crippen LogP contribution is -2.61. The molecule has 8 aliphatic rings. The Labute approximate surface area is 832 Å². The molecule has 0 aromatic heterocycles. The third kappa shape index (κ3) is 31.4. The summed E-state index contributed by atoms with van der Waals surface area (Å²) in [7, 11) is -10.9. The van der Waals surface area contributed by atoms with E-state index in [-0.39, 0.29) is 137 Å². The minimum Gasteiger partial charge on any atom is -0.743 e. The van der Waals surface area contributed by atoms with E-state index in [1.165, 1.54) is 51.6 Å². The van der Waals surface area contributed by atoms with Crippen molar-refractivity contribution in [1.82, 2.24) is 0 Å². The zero-order valence-electron chi connectivity index (χ0n) is 77.0. The van der Waals surface area contributed by atoms with Gasteiger partial charge in [0, 0.05) is 30.4 Å². The van der Waals surface area contributed by atoms with Crippen LogP contribution >= 0.6 is 0 Å². The number of nitrogens with zero attached hydrogens (tertiary/aromatic N) is 1. The molecule has 14 rings (SSSR count). The van der Waals surface area contributed by atoms with Gasteiger partial charge in [-0.25, -0.2) is 13.2 Å². The molecule has 6 aromatic carbocycles. The monoisotopic (exact) mass is 2020 g/mol. The Hall–Kier alpha value is -9.22. The number of methoxy groups -OCH3 is 2. The number of aryl methyl sites for hydroxylation is 1. The zero-order chi connectivity index (χ0) is 96.1. The molecule has 22 nitrogen and oxygen atoms in total. The van der Waals surface area contributed by atoms with Gasteiger partial charge in [-0.15, -0.1) is 0 Å². The summed E-state index contributed by atoms with van der Waals surface area (Å²) in [6.07, 6.45) is 14.7. The maximum absolute atomic E-state index is 13.6. The Morgan fingerprint density at radius 2 is 1.00 bits per heavy atom. The topological polar surface area (TPSA) is 321 Å². The van der Waals surface area contributed by atoms with Crippen LogP contribution in [0.2, 0.25) is 0 Å². The van der Waals surface area contributed by atoms with Crippen LogP contribution in [0.1, 0.15) is 311 Å². The van der Waals surface area contributed by atoms with Crippen molar-refractivity contribution >= 4 is 66.9 Å². The molecule has 6 bridgehead atoms. The number of aliphatic hydroxyl groups is 1. The molecule has 31 heteroatoms. The van der Waals surface area contributed by atoms with Gasteiger partial charge < -0.3 is 51.7 Å². The second-order valence-electron chi connectivity index (χ2n) is 37.4. The van der Waals surface area contributed by atoms with E-state index in [9.17, 15) is 86.9 Å². The van der Waals surface area contributed by atoms with Crippen LogP contribution in [0.5, 0.6) is 23.0 Å². The largest absolute Gasteiger partial charge is 0.743 e. The van der Waals surface area contributed by atoms with Crippen LogP contribution in [0.4, 0.5) is 26.3 Å². The van der Waals surface area contributed by atoms with Crippen LogP contribution < -0.4 is 18.4 Å². The van der Waals surface area contributed by atoms with E-state index in [4.69, 9.17) is 37.9 Å². The molecule has 7 saturated carbocycles. The lowest BCUT2D eigenvalue weighted by molar-refractivity contribution is -0.247. The molecule has 1 heterocycles. The molecule has 139 heavy (non-hydrogen) atoms. The fourth-order valence-electron chi connectivity index (χ4n) is 16.8. The summed E-state index contributed by atoms with van der Waals surface area (Å²) in [5.74, 6) is -6.74. The molecule has 8 atom stereocenters. The molecule has 0 amide bonds. The second-order valence-corrected chi connectivity index (χ2v) is 42.4. The van der Waals surface area contributed by atoms with Gasteiger partial charge in [0.05, 0.1) is 58.4 Å². The quantitative estimate of drug-likeness (QED) is 0.00867. The summed E-state index contributed by atoms with van der Waals surface area (Å²) in [4.78, 5) is 76.0. The van der Waals surface area contributed by atoms with Crippen molar-refractivity contribution in [2.75, 3.05) is 20.8 Å². The predicted octanol–water partition coefficient (Wildman–Crippen LogP) is 27.5. The SMILES string of the molecule is C.C.C.C.C.C.C.C.C.C.CCC(C)(C)C(=O)OC12CC3CC(CC(O)(C3)C1)C2.CCC(C)(C)C(=O)OCC(=O)OC1C2CC3C1OC(=O)C3(C#N)C2.CCC(C)(C)C(=O)Oc1ccc(-c2ccccc2)cc1.CCC(C)c1ccc(OS(=O)(=O)C(F)(F)C(F)(F)C(F)(F)S(=O)(=O)[O-])cc1.CCC1(OC(=O)C(C)(C)CC)CCCC1.COc1cccc([S+](c2cccc(C)c2)c2cccc(OC)c2)c1. The van der Waals surface area contributed by atoms with Crippen LogP contribution in [0.3, 0.4) is 0 Å². The highest BCUT2D eigenvalue weighted by atomic mass is 32.2. The Morgan fingerprint density at radius 3 is 1.44 bits per heavy atom. The number of fused-ring (bicyclic) bond motifs is 1. The van der Waals surface area contributed by atoms with E-state index in [0.29, 0.717) is 55.3 Å². The van der Waals surface area contributed by atoms with E-state index < -0.39 is 106 Å². The summed E-state index contributed by atoms with van der Waals surface area (Å²) >= 11 is 0. The highest BCUT2D eigenvalue weighted by Gasteiger charge is 2.81. The lowest BCUT2D eigenvalue weighted by atomic mass is 9.52. The number of ether oxygens (including phenoxy) is 8. The summed E-state index contributed by atoms with van der Waals surface area (Å²) in [5, 5.41) is 6.33. The van der Waals surface area contributed by atoms with Gasteiger partial charge in [0.25, 0.3) is 0 Å². The lowest BCUT2D eigenvalue weighted by Gasteiger charge is -2.59. The molecule has 6 aromatic rings. The summed E-state index contributed by atoms with van der Waals surface area (Å²) in [6, 6.07) is 49.2. The molecule has 1 saturated heterocycles. The molecule has 1 N–H and O–H groups in total. The fraction of sp³-hybridized carbons (Fsp3) is 0.602. The minimum atomic E-state index is -7.33. The van der Waals surface area contributed by atoms with Crippen molar-refractivity contribution in [3.05, 3.63) is 163 Å². The van der Waals surface area contributed by atoms with Gasteiger partial charge in [0.15, 0.2) is 36.8 Å². The number of benzene rings is 6. The first kappa shape index (κ1) is 134. The van der Waals surface area contributed by atoms with Crippen molar-refractivity contribution in [3.63, 3.8) is 0 Å². The number of halogens is 6. The van der Waals surface area contributed by atoms with Crippen molar-refractivity contribution < 1.29 is 124 Å². The van der Waals surface area contributed by atoms with Crippen LogP contribution in [-0.2, 0) is 83.6 Å². The zero-order valence-corrected chi connectivity index (χ0v) is 79.4. The van der Waals surface area contributed by atoms with Crippen molar-refractivity contribution in [2.45, 2.75) is 367 Å². The Morgan fingerprint density at radius 1 is 0.554 bits per heavy atom. The summed E-state index contributed by atoms with van der Waals surface area (Å²) < 4.78 is 181. The Kier molecular flexibility index (Phi) is 51.8. The van der Waals surface area contributed by atoms with E-state index >= 15 is 0 Å². The first-order chi connectivity index (χ1) is 60.1. The number of esters is 6. The highest BCUT2D eigenvalue weighted by Crippen LogP contribution is 2.63. The average Bonchev–Trinajstić information content (AvgIpc) is 1.55. The number of carbonyl (C=O) groups excluding carboxylic acids is 6. The molecule has 0 spiro atoms. The van der Waals surface area contributed by atoms with Crippen LogP contribution in [0.15, 0.2) is 166 Å². The molecular weight excluding hydrogens is 1860 g/mol. The van der Waals surface area contributed by atoms with Gasteiger partial charge in [0.2, 0.25) is 0 Å². The van der Waals surface area contributed by atoms with Gasteiger partial charge in [-0.2, -0.15) is 40.0 Å². The third-order valence-electron chi connectivity index (χ3n) is 26.4. The van der Waals surface area contributed by atoms with Crippen molar-refractivity contribution in [1.29, 1.82) is 5.26 Å². The van der Waals surface area contributed by atoms with Gasteiger partial charge in [0.1, 0.15) is 46.4 Å². The Balaban J connectivity index is -0.00000159. The van der Waals surface area contributed by atoms with E-state index in [1.807, 2.05) is 143 Å². The molecule has 8 unspecified atom stereocenters. The maximum atomic E-state index is 13.6. The van der Waals surface area contributed by atoms with Crippen LogP contribution in [-0.4, -0.2) is 129 Å². The first-order valence-corrected chi connectivity index (χ1v) is 47.9. The number of nitriles is 1. The van der Waals surface area contributed by atoms with Gasteiger partial charge in [-0.1, -0.05) is 202 Å². The number of carbonyl (C=O) groups is 6. The molecule has 1 aliphatic heterocycles. The molecule has 7 aliphatic carbocycles. The van der Waals surface area contributed by atoms with E-state index in [0.717, 1.165) is 99.0 Å². The molecular formula is C108H165F6NO21S3. The average molecular weight is 2020 g/mol. The van der Waals surface area contributed by atoms with Crippen molar-refractivity contribution in [2.24, 2.45) is 50.7 Å². The summed E-state index contributed by atoms with van der Waals surface area (Å²) in [5.41, 5.74) is 0.190. The number of hydrogen-bond acceptors (Lipinski definition) is 22. The molecule has 788 valence electrons.